The van der Waals surface area contributed by atoms with Gasteiger partial charge in [0.1, 0.15) is 12.4 Å². The first-order valence-electron chi connectivity index (χ1n) is 6.57. The second-order valence-electron chi connectivity index (χ2n) is 4.88. The van der Waals surface area contributed by atoms with Gasteiger partial charge in [-0.3, -0.25) is 4.79 Å². The lowest BCUT2D eigenvalue weighted by molar-refractivity contribution is 0.0581. The van der Waals surface area contributed by atoms with E-state index in [4.69, 9.17) is 4.74 Å². The smallest absolute Gasteiger partial charge is 0.346 e. The van der Waals surface area contributed by atoms with Crippen LogP contribution in [0.3, 0.4) is 0 Å². The number of hydrogen-bond donors (Lipinski definition) is 1. The van der Waals surface area contributed by atoms with Crippen molar-refractivity contribution in [2.75, 3.05) is 0 Å². The first-order valence-corrected chi connectivity index (χ1v) is 6.57. The van der Waals surface area contributed by atoms with E-state index in [1.165, 1.54) is 0 Å². The minimum atomic E-state index is -0.535. The van der Waals surface area contributed by atoms with Crippen molar-refractivity contribution in [2.24, 2.45) is 0 Å². The molecule has 0 atom stereocenters. The van der Waals surface area contributed by atoms with Crippen LogP contribution >= 0.6 is 0 Å². The number of benzene rings is 1. The molecule has 1 aliphatic rings. The lowest BCUT2D eigenvalue weighted by Gasteiger charge is -2.07. The van der Waals surface area contributed by atoms with Crippen molar-refractivity contribution in [3.05, 3.63) is 62.4 Å². The summed E-state index contributed by atoms with van der Waals surface area (Å²) in [5.74, 6) is 0.194. The number of hydrogen-bond acceptors (Lipinski definition) is 4. The average molecular weight is 273 g/mol. The lowest BCUT2D eigenvalue weighted by Crippen LogP contribution is -2.38. The van der Waals surface area contributed by atoms with Crippen LogP contribution in [0.1, 0.15) is 30.0 Å². The van der Waals surface area contributed by atoms with Crippen molar-refractivity contribution in [3.8, 4) is 0 Å². The van der Waals surface area contributed by atoms with E-state index in [1.807, 2.05) is 30.3 Å². The fourth-order valence-electron chi connectivity index (χ4n) is 2.02. The van der Waals surface area contributed by atoms with Crippen molar-refractivity contribution in [3.63, 3.8) is 0 Å². The molecule has 6 nitrogen and oxygen atoms in total. The summed E-state index contributed by atoms with van der Waals surface area (Å²) in [4.78, 5) is 23.8. The van der Waals surface area contributed by atoms with Crippen LogP contribution in [-0.4, -0.2) is 14.8 Å². The Kier molecular flexibility index (Phi) is 3.47. The molecule has 1 aromatic carbocycles. The topological polar surface area (TPSA) is 77.0 Å². The third-order valence-electron chi connectivity index (χ3n) is 3.28. The molecule has 3 rings (SSSR count). The first kappa shape index (κ1) is 12.8. The van der Waals surface area contributed by atoms with Crippen LogP contribution in [0.2, 0.25) is 0 Å². The molecule has 2 aromatic rings. The Hall–Kier alpha value is -2.21. The van der Waals surface area contributed by atoms with Gasteiger partial charge in [-0.25, -0.2) is 14.5 Å². The van der Waals surface area contributed by atoms with Gasteiger partial charge in [0, 0.05) is 5.92 Å². The summed E-state index contributed by atoms with van der Waals surface area (Å²) in [5, 5.41) is 6.20. The molecule has 0 aliphatic heterocycles. The number of nitrogens with zero attached hydrogens (tertiary/aromatic N) is 2. The summed E-state index contributed by atoms with van der Waals surface area (Å²) in [6.07, 6.45) is 1.91. The monoisotopic (exact) mass is 273 g/mol. The van der Waals surface area contributed by atoms with Crippen molar-refractivity contribution in [1.82, 2.24) is 14.8 Å². The quantitative estimate of drug-likeness (QED) is 0.881. The van der Waals surface area contributed by atoms with Crippen molar-refractivity contribution >= 4 is 0 Å². The van der Waals surface area contributed by atoms with Crippen LogP contribution in [-0.2, 0) is 18.1 Å². The Morgan fingerprint density at radius 2 is 2.00 bits per heavy atom. The van der Waals surface area contributed by atoms with E-state index >= 15 is 0 Å². The van der Waals surface area contributed by atoms with Crippen LogP contribution < -0.4 is 11.2 Å². The third-order valence-corrected chi connectivity index (χ3v) is 3.28. The van der Waals surface area contributed by atoms with E-state index < -0.39 is 5.69 Å². The molecule has 0 radical (unpaired) electrons. The molecule has 1 heterocycles. The van der Waals surface area contributed by atoms with E-state index in [1.54, 1.807) is 0 Å². The van der Waals surface area contributed by atoms with Crippen LogP contribution in [0.4, 0.5) is 0 Å². The molecule has 0 amide bonds. The van der Waals surface area contributed by atoms with Gasteiger partial charge in [-0.15, -0.1) is 0 Å². The Balaban J connectivity index is 1.72. The highest BCUT2D eigenvalue weighted by Gasteiger charge is 2.29. The number of rotatable bonds is 5. The van der Waals surface area contributed by atoms with Gasteiger partial charge in [-0.05, 0) is 18.4 Å². The van der Waals surface area contributed by atoms with Gasteiger partial charge < -0.3 is 4.74 Å². The van der Waals surface area contributed by atoms with Crippen LogP contribution in [0, 0.1) is 0 Å². The molecule has 0 spiro atoms. The second kappa shape index (κ2) is 5.42. The third kappa shape index (κ3) is 2.70. The van der Waals surface area contributed by atoms with Crippen LogP contribution in [0.25, 0.3) is 0 Å². The molecule has 104 valence electrons. The molecule has 0 saturated heterocycles. The summed E-state index contributed by atoms with van der Waals surface area (Å²) in [5.41, 5.74) is 0.554. The zero-order valence-corrected chi connectivity index (χ0v) is 10.9. The Morgan fingerprint density at radius 1 is 1.25 bits per heavy atom. The average Bonchev–Trinajstić information content (AvgIpc) is 3.28. The number of aromatic amines is 1. The highest BCUT2D eigenvalue weighted by Crippen LogP contribution is 2.36. The van der Waals surface area contributed by atoms with Crippen molar-refractivity contribution in [2.45, 2.75) is 32.1 Å². The summed E-state index contributed by atoms with van der Waals surface area (Å²) in [6, 6.07) is 9.60. The molecule has 1 N–H and O–H groups in total. The van der Waals surface area contributed by atoms with Gasteiger partial charge >= 0.3 is 5.69 Å². The SMILES string of the molecule is O=c1[nH]nc(C2CC2)c(=O)n1COCc1ccccc1. The molecular formula is C14H15N3O3. The minimum Gasteiger partial charge on any atom is -0.356 e. The number of H-pyrrole nitrogens is 1. The fourth-order valence-corrected chi connectivity index (χ4v) is 2.02. The summed E-state index contributed by atoms with van der Waals surface area (Å²) >= 11 is 0. The second-order valence-corrected chi connectivity index (χ2v) is 4.88. The molecule has 1 aromatic heterocycles. The Labute approximate surface area is 115 Å². The number of ether oxygens (including phenoxy) is 1. The fraction of sp³-hybridized carbons (Fsp3) is 0.357. The maximum atomic E-state index is 12.1. The van der Waals surface area contributed by atoms with Crippen LogP contribution in [0.5, 0.6) is 0 Å². The van der Waals surface area contributed by atoms with Gasteiger partial charge in [0.05, 0.1) is 6.61 Å². The number of nitrogens with one attached hydrogen (secondary N) is 1. The van der Waals surface area contributed by atoms with E-state index in [9.17, 15) is 9.59 Å². The molecule has 1 saturated carbocycles. The standard InChI is InChI=1S/C14H15N3O3/c18-13-12(11-6-7-11)15-16-14(19)17(13)9-20-8-10-4-2-1-3-5-10/h1-5,11H,6-9H2,(H,16,19). The Bertz CT molecular complexity index is 702. The molecule has 20 heavy (non-hydrogen) atoms. The van der Waals surface area contributed by atoms with Crippen molar-refractivity contribution < 1.29 is 4.74 Å². The van der Waals surface area contributed by atoms with Gasteiger partial charge in [0.15, 0.2) is 0 Å². The summed E-state index contributed by atoms with van der Waals surface area (Å²) in [6.45, 7) is 0.291. The predicted octanol–water partition coefficient (Wildman–Crippen LogP) is 0.983. The molecule has 6 heteroatoms. The number of aromatic nitrogens is 3. The van der Waals surface area contributed by atoms with Gasteiger partial charge in [-0.1, -0.05) is 30.3 Å². The largest absolute Gasteiger partial charge is 0.356 e. The molecule has 1 fully saturated rings. The Morgan fingerprint density at radius 3 is 2.70 bits per heavy atom. The van der Waals surface area contributed by atoms with Gasteiger partial charge in [0.2, 0.25) is 0 Å². The zero-order chi connectivity index (χ0) is 13.9. The highest BCUT2D eigenvalue weighted by atomic mass is 16.5. The van der Waals surface area contributed by atoms with E-state index in [0.29, 0.717) is 12.3 Å². The van der Waals surface area contributed by atoms with E-state index in [2.05, 4.69) is 10.2 Å². The maximum absolute atomic E-state index is 12.1. The molecule has 0 unspecified atom stereocenters. The lowest BCUT2D eigenvalue weighted by atomic mass is 10.2. The molecule has 1 aliphatic carbocycles. The predicted molar refractivity (Wildman–Crippen MR) is 72.3 cm³/mol. The van der Waals surface area contributed by atoms with Crippen molar-refractivity contribution in [1.29, 1.82) is 0 Å². The van der Waals surface area contributed by atoms with E-state index in [0.717, 1.165) is 23.0 Å². The van der Waals surface area contributed by atoms with Gasteiger partial charge in [0.25, 0.3) is 5.56 Å². The van der Waals surface area contributed by atoms with Gasteiger partial charge in [-0.2, -0.15) is 5.10 Å². The highest BCUT2D eigenvalue weighted by molar-refractivity contribution is 5.13. The maximum Gasteiger partial charge on any atom is 0.346 e. The zero-order valence-electron chi connectivity index (χ0n) is 10.9. The van der Waals surface area contributed by atoms with Crippen LogP contribution in [0.15, 0.2) is 39.9 Å². The minimum absolute atomic E-state index is 0.0642. The molecule has 0 bridgehead atoms. The summed E-state index contributed by atoms with van der Waals surface area (Å²) < 4.78 is 6.50. The van der Waals surface area contributed by atoms with E-state index in [-0.39, 0.29) is 18.2 Å². The normalized spacial score (nSPS) is 14.4. The summed E-state index contributed by atoms with van der Waals surface area (Å²) in [7, 11) is 0. The first-order chi connectivity index (χ1) is 9.75. The molecular weight excluding hydrogens is 258 g/mol.